The Kier molecular flexibility index (Phi) is 7.49. The highest BCUT2D eigenvalue weighted by molar-refractivity contribution is 7.92. The highest BCUT2D eigenvalue weighted by Gasteiger charge is 2.28. The fraction of sp³-hybridized carbons (Fsp3) is 0.280. The van der Waals surface area contributed by atoms with Crippen LogP contribution in [-0.4, -0.2) is 26.9 Å². The van der Waals surface area contributed by atoms with Gasteiger partial charge in [0.2, 0.25) is 0 Å². The van der Waals surface area contributed by atoms with E-state index in [0.29, 0.717) is 16.3 Å². The molecule has 1 aliphatic rings. The highest BCUT2D eigenvalue weighted by Crippen LogP contribution is 2.39. The third-order valence-electron chi connectivity index (χ3n) is 5.63. The van der Waals surface area contributed by atoms with Crippen LogP contribution in [0.1, 0.15) is 56.5 Å². The van der Waals surface area contributed by atoms with Gasteiger partial charge in [-0.25, -0.2) is 13.2 Å². The van der Waals surface area contributed by atoms with Crippen LogP contribution in [-0.2, 0) is 27.6 Å². The maximum absolute atomic E-state index is 13.1. The predicted molar refractivity (Wildman–Crippen MR) is 138 cm³/mol. The summed E-state index contributed by atoms with van der Waals surface area (Å²) in [5, 5.41) is 3.20. The van der Waals surface area contributed by atoms with Crippen LogP contribution < -0.4 is 10.0 Å². The number of amides is 1. The number of anilines is 2. The fourth-order valence-corrected chi connectivity index (χ4v) is 6.87. The standard InChI is InChI=1S/C25H25ClN2O5S2/c1-3-33-25(30)22-18-9-4-5-10-20(18)34-24(22)27-23(29)16-11-12-19(26)21(14-16)35(31,32)28-17-8-6-7-15(2)13-17/h6-8,11-14,28H,3-5,9-10H2,1-2H3,(H,27,29). The first-order valence-electron chi connectivity index (χ1n) is 11.2. The van der Waals surface area contributed by atoms with Gasteiger partial charge >= 0.3 is 5.97 Å². The lowest BCUT2D eigenvalue weighted by Gasteiger charge is -2.13. The molecule has 1 aromatic heterocycles. The topological polar surface area (TPSA) is 102 Å². The molecule has 0 unspecified atom stereocenters. The lowest BCUT2D eigenvalue weighted by molar-refractivity contribution is 0.0526. The van der Waals surface area contributed by atoms with Gasteiger partial charge in [0.15, 0.2) is 0 Å². The molecule has 2 N–H and O–H groups in total. The molecule has 0 fully saturated rings. The molecule has 3 aromatic rings. The molecule has 1 amide bonds. The van der Waals surface area contributed by atoms with Crippen LogP contribution in [0.2, 0.25) is 5.02 Å². The molecule has 0 spiro atoms. The van der Waals surface area contributed by atoms with Crippen molar-refractivity contribution in [2.45, 2.75) is 44.4 Å². The smallest absolute Gasteiger partial charge is 0.341 e. The Morgan fingerprint density at radius 2 is 1.89 bits per heavy atom. The Morgan fingerprint density at radius 3 is 2.63 bits per heavy atom. The van der Waals surface area contributed by atoms with Crippen LogP contribution in [0.4, 0.5) is 10.7 Å². The number of aryl methyl sites for hydroxylation is 2. The molecule has 4 rings (SSSR count). The third-order valence-corrected chi connectivity index (χ3v) is 8.70. The van der Waals surface area contributed by atoms with Crippen LogP contribution >= 0.6 is 22.9 Å². The maximum Gasteiger partial charge on any atom is 0.341 e. The zero-order valence-electron chi connectivity index (χ0n) is 19.3. The predicted octanol–water partition coefficient (Wildman–Crippen LogP) is 5.82. The van der Waals surface area contributed by atoms with Gasteiger partial charge in [-0.3, -0.25) is 9.52 Å². The van der Waals surface area contributed by atoms with Crippen molar-refractivity contribution in [1.82, 2.24) is 0 Å². The summed E-state index contributed by atoms with van der Waals surface area (Å²) in [6.45, 7) is 3.81. The van der Waals surface area contributed by atoms with Gasteiger partial charge in [0.25, 0.3) is 15.9 Å². The van der Waals surface area contributed by atoms with Crippen LogP contribution in [0.25, 0.3) is 0 Å². The first-order valence-corrected chi connectivity index (χ1v) is 13.9. The average Bonchev–Trinajstić information content (AvgIpc) is 3.17. The number of benzene rings is 2. The molecular formula is C25H25ClN2O5S2. The molecule has 7 nitrogen and oxygen atoms in total. The van der Waals surface area contributed by atoms with Gasteiger partial charge in [-0.15, -0.1) is 11.3 Å². The van der Waals surface area contributed by atoms with Crippen molar-refractivity contribution in [3.63, 3.8) is 0 Å². The van der Waals surface area contributed by atoms with Gasteiger partial charge in [0.1, 0.15) is 9.90 Å². The number of fused-ring (bicyclic) bond motifs is 1. The van der Waals surface area contributed by atoms with E-state index in [1.54, 1.807) is 25.1 Å². The molecule has 0 saturated carbocycles. The van der Waals surface area contributed by atoms with Crippen LogP contribution in [0.3, 0.4) is 0 Å². The van der Waals surface area contributed by atoms with Crippen molar-refractivity contribution in [3.05, 3.63) is 74.6 Å². The Morgan fingerprint density at radius 1 is 1.11 bits per heavy atom. The molecule has 1 heterocycles. The lowest BCUT2D eigenvalue weighted by Crippen LogP contribution is -2.17. The number of carbonyl (C=O) groups is 2. The van der Waals surface area contributed by atoms with Gasteiger partial charge in [0, 0.05) is 16.1 Å². The largest absolute Gasteiger partial charge is 0.462 e. The van der Waals surface area contributed by atoms with Gasteiger partial charge in [-0.2, -0.15) is 0 Å². The molecule has 10 heteroatoms. The molecule has 35 heavy (non-hydrogen) atoms. The van der Waals surface area contributed by atoms with E-state index in [0.717, 1.165) is 41.7 Å². The number of sulfonamides is 1. The fourth-order valence-electron chi connectivity index (χ4n) is 4.02. The minimum Gasteiger partial charge on any atom is -0.462 e. The summed E-state index contributed by atoms with van der Waals surface area (Å²) >= 11 is 7.57. The summed E-state index contributed by atoms with van der Waals surface area (Å²) in [4.78, 5) is 26.7. The zero-order chi connectivity index (χ0) is 25.2. The molecule has 0 aliphatic heterocycles. The average molecular weight is 533 g/mol. The molecule has 0 atom stereocenters. The van der Waals surface area contributed by atoms with Crippen molar-refractivity contribution in [1.29, 1.82) is 0 Å². The Labute approximate surface area is 213 Å². The SMILES string of the molecule is CCOC(=O)c1c(NC(=O)c2ccc(Cl)c(S(=O)(=O)Nc3cccc(C)c3)c2)sc2c1CCCC2. The second-order valence-electron chi connectivity index (χ2n) is 8.21. The quantitative estimate of drug-likeness (QED) is 0.373. The minimum atomic E-state index is -4.05. The minimum absolute atomic E-state index is 0.0134. The first-order chi connectivity index (χ1) is 16.7. The van der Waals surface area contributed by atoms with Crippen LogP contribution in [0.5, 0.6) is 0 Å². The van der Waals surface area contributed by atoms with Crippen molar-refractivity contribution in [3.8, 4) is 0 Å². The van der Waals surface area contributed by atoms with Crippen molar-refractivity contribution in [2.75, 3.05) is 16.6 Å². The summed E-state index contributed by atoms with van der Waals surface area (Å²) in [6.07, 6.45) is 3.59. The monoisotopic (exact) mass is 532 g/mol. The molecule has 0 saturated heterocycles. The third kappa shape index (κ3) is 5.52. The number of thiophene rings is 1. The number of halogens is 1. The second kappa shape index (κ2) is 10.4. The number of nitrogens with one attached hydrogen (secondary N) is 2. The van der Waals surface area contributed by atoms with Crippen molar-refractivity contribution < 1.29 is 22.7 Å². The number of carbonyl (C=O) groups excluding carboxylic acids is 2. The van der Waals surface area contributed by atoms with E-state index in [-0.39, 0.29) is 22.1 Å². The molecule has 184 valence electrons. The van der Waals surface area contributed by atoms with E-state index in [2.05, 4.69) is 10.0 Å². The number of rotatable bonds is 7. The van der Waals surface area contributed by atoms with E-state index in [1.807, 2.05) is 13.0 Å². The number of hydrogen-bond donors (Lipinski definition) is 2. The normalized spacial score (nSPS) is 13.1. The summed E-state index contributed by atoms with van der Waals surface area (Å²) in [6, 6.07) is 11.0. The Hall–Kier alpha value is -2.88. The van der Waals surface area contributed by atoms with E-state index >= 15 is 0 Å². The van der Waals surface area contributed by atoms with Crippen LogP contribution in [0.15, 0.2) is 47.4 Å². The van der Waals surface area contributed by atoms with Gasteiger partial charge in [0.05, 0.1) is 17.2 Å². The molecular weight excluding hydrogens is 508 g/mol. The van der Waals surface area contributed by atoms with E-state index in [9.17, 15) is 18.0 Å². The Bertz CT molecular complexity index is 1400. The summed E-state index contributed by atoms with van der Waals surface area (Å²) in [5.74, 6) is -1.01. The van der Waals surface area contributed by atoms with E-state index < -0.39 is 21.9 Å². The first kappa shape index (κ1) is 25.2. The number of hydrogen-bond acceptors (Lipinski definition) is 6. The van der Waals surface area contributed by atoms with Crippen molar-refractivity contribution in [2.24, 2.45) is 0 Å². The maximum atomic E-state index is 13.1. The number of esters is 1. The summed E-state index contributed by atoms with van der Waals surface area (Å²) in [5.41, 5.74) is 2.69. The van der Waals surface area contributed by atoms with Gasteiger partial charge in [-0.1, -0.05) is 23.7 Å². The van der Waals surface area contributed by atoms with Crippen molar-refractivity contribution >= 4 is 55.5 Å². The molecule has 1 aliphatic carbocycles. The van der Waals surface area contributed by atoms with E-state index in [1.165, 1.54) is 29.5 Å². The summed E-state index contributed by atoms with van der Waals surface area (Å²) in [7, 11) is -4.05. The van der Waals surface area contributed by atoms with Gasteiger partial charge < -0.3 is 10.1 Å². The van der Waals surface area contributed by atoms with E-state index in [4.69, 9.17) is 16.3 Å². The van der Waals surface area contributed by atoms with Gasteiger partial charge in [-0.05, 0) is 81.0 Å². The second-order valence-corrected chi connectivity index (χ2v) is 11.4. The zero-order valence-corrected chi connectivity index (χ0v) is 21.7. The molecule has 0 radical (unpaired) electrons. The molecule has 0 bridgehead atoms. The number of ether oxygens (including phenoxy) is 1. The van der Waals surface area contributed by atoms with Crippen LogP contribution in [0, 0.1) is 6.92 Å². The lowest BCUT2D eigenvalue weighted by atomic mass is 9.95. The molecule has 2 aromatic carbocycles. The summed E-state index contributed by atoms with van der Waals surface area (Å²) < 4.78 is 33.8. The Balaban J connectivity index is 1.64. The highest BCUT2D eigenvalue weighted by atomic mass is 35.5.